The van der Waals surface area contributed by atoms with Gasteiger partial charge in [0.15, 0.2) is 11.5 Å². The standard InChI is InChI=1S/C16H17N3O2/c1-2-20-15-7-3-5-12(9-17)16(15)21-11-13-6-4-8-19-14(13)10-18/h3-8H,2,9,11,17H2,1H3. The van der Waals surface area contributed by atoms with Crippen LogP contribution in [0, 0.1) is 11.3 Å². The molecular formula is C16H17N3O2. The first-order chi connectivity index (χ1) is 10.3. The number of pyridine rings is 1. The Kier molecular flexibility index (Phi) is 5.13. The van der Waals surface area contributed by atoms with E-state index in [1.54, 1.807) is 12.3 Å². The Morgan fingerprint density at radius 1 is 1.19 bits per heavy atom. The van der Waals surface area contributed by atoms with Gasteiger partial charge in [0.25, 0.3) is 0 Å². The maximum Gasteiger partial charge on any atom is 0.166 e. The lowest BCUT2D eigenvalue weighted by molar-refractivity contribution is 0.266. The summed E-state index contributed by atoms with van der Waals surface area (Å²) in [6.45, 7) is 3.05. The second-order valence-corrected chi connectivity index (χ2v) is 4.29. The average molecular weight is 283 g/mol. The third-order valence-electron chi connectivity index (χ3n) is 2.95. The molecule has 0 bridgehead atoms. The highest BCUT2D eigenvalue weighted by atomic mass is 16.5. The molecule has 1 aromatic heterocycles. The Balaban J connectivity index is 2.25. The van der Waals surface area contributed by atoms with Gasteiger partial charge in [-0.05, 0) is 19.1 Å². The van der Waals surface area contributed by atoms with Gasteiger partial charge >= 0.3 is 0 Å². The zero-order chi connectivity index (χ0) is 15.1. The number of hydrogen-bond acceptors (Lipinski definition) is 5. The second kappa shape index (κ2) is 7.27. The molecular weight excluding hydrogens is 266 g/mol. The lowest BCUT2D eigenvalue weighted by atomic mass is 10.1. The Bertz CT molecular complexity index is 650. The summed E-state index contributed by atoms with van der Waals surface area (Å²) in [6.07, 6.45) is 1.58. The maximum absolute atomic E-state index is 9.04. The van der Waals surface area contributed by atoms with Gasteiger partial charge in [0, 0.05) is 23.9 Å². The third kappa shape index (κ3) is 3.50. The molecule has 5 heteroatoms. The van der Waals surface area contributed by atoms with Gasteiger partial charge in [-0.2, -0.15) is 5.26 Å². The van der Waals surface area contributed by atoms with Gasteiger partial charge in [-0.3, -0.25) is 0 Å². The fraction of sp³-hybridized carbons (Fsp3) is 0.250. The molecule has 2 aromatic rings. The van der Waals surface area contributed by atoms with Crippen molar-refractivity contribution in [2.45, 2.75) is 20.1 Å². The molecule has 0 radical (unpaired) electrons. The van der Waals surface area contributed by atoms with E-state index in [9.17, 15) is 0 Å². The van der Waals surface area contributed by atoms with Crippen molar-refractivity contribution in [2.75, 3.05) is 6.61 Å². The van der Waals surface area contributed by atoms with E-state index < -0.39 is 0 Å². The van der Waals surface area contributed by atoms with Gasteiger partial charge in [-0.15, -0.1) is 0 Å². The van der Waals surface area contributed by atoms with Crippen LogP contribution in [0.25, 0.3) is 0 Å². The largest absolute Gasteiger partial charge is 0.490 e. The number of aromatic nitrogens is 1. The summed E-state index contributed by atoms with van der Waals surface area (Å²) in [5, 5.41) is 9.04. The number of rotatable bonds is 6. The minimum Gasteiger partial charge on any atom is -0.490 e. The number of nitrogens with zero attached hydrogens (tertiary/aromatic N) is 2. The summed E-state index contributed by atoms with van der Waals surface area (Å²) in [5.41, 5.74) is 7.70. The Hall–Kier alpha value is -2.58. The first-order valence-electron chi connectivity index (χ1n) is 6.71. The SMILES string of the molecule is CCOc1cccc(CN)c1OCc1cccnc1C#N. The summed E-state index contributed by atoms with van der Waals surface area (Å²) < 4.78 is 11.4. The Labute approximate surface area is 123 Å². The fourth-order valence-corrected chi connectivity index (χ4v) is 1.96. The van der Waals surface area contributed by atoms with E-state index in [0.29, 0.717) is 30.3 Å². The number of nitriles is 1. The Morgan fingerprint density at radius 3 is 2.71 bits per heavy atom. The molecule has 0 atom stereocenters. The van der Waals surface area contributed by atoms with Gasteiger partial charge in [-0.25, -0.2) is 4.98 Å². The van der Waals surface area contributed by atoms with Crippen LogP contribution in [0.4, 0.5) is 0 Å². The van der Waals surface area contributed by atoms with Crippen LogP contribution >= 0.6 is 0 Å². The van der Waals surface area contributed by atoms with Crippen molar-refractivity contribution >= 4 is 0 Å². The maximum atomic E-state index is 9.04. The Morgan fingerprint density at radius 2 is 2.00 bits per heavy atom. The van der Waals surface area contributed by atoms with Crippen molar-refractivity contribution < 1.29 is 9.47 Å². The zero-order valence-corrected chi connectivity index (χ0v) is 11.9. The molecule has 0 aliphatic carbocycles. The van der Waals surface area contributed by atoms with Crippen LogP contribution in [0.2, 0.25) is 0 Å². The van der Waals surface area contributed by atoms with Crippen LogP contribution in [0.15, 0.2) is 36.5 Å². The normalized spacial score (nSPS) is 9.95. The number of ether oxygens (including phenoxy) is 2. The highest BCUT2D eigenvalue weighted by molar-refractivity contribution is 5.47. The van der Waals surface area contributed by atoms with E-state index in [2.05, 4.69) is 11.1 Å². The van der Waals surface area contributed by atoms with Crippen LogP contribution in [-0.4, -0.2) is 11.6 Å². The second-order valence-electron chi connectivity index (χ2n) is 4.29. The van der Waals surface area contributed by atoms with E-state index in [1.165, 1.54) is 0 Å². The average Bonchev–Trinajstić information content (AvgIpc) is 2.54. The molecule has 1 aromatic carbocycles. The number of benzene rings is 1. The van der Waals surface area contributed by atoms with Gasteiger partial charge in [0.2, 0.25) is 0 Å². The lowest BCUT2D eigenvalue weighted by Crippen LogP contribution is -2.06. The molecule has 21 heavy (non-hydrogen) atoms. The molecule has 2 rings (SSSR count). The minimum absolute atomic E-state index is 0.244. The van der Waals surface area contributed by atoms with Crippen molar-refractivity contribution in [3.8, 4) is 17.6 Å². The lowest BCUT2D eigenvalue weighted by Gasteiger charge is -2.15. The van der Waals surface area contributed by atoms with Crippen molar-refractivity contribution in [1.82, 2.24) is 4.98 Å². The molecule has 2 N–H and O–H groups in total. The van der Waals surface area contributed by atoms with Gasteiger partial charge in [0.1, 0.15) is 18.4 Å². The zero-order valence-electron chi connectivity index (χ0n) is 11.9. The molecule has 0 aliphatic heterocycles. The van der Waals surface area contributed by atoms with Crippen LogP contribution in [0.1, 0.15) is 23.7 Å². The summed E-state index contributed by atoms with van der Waals surface area (Å²) >= 11 is 0. The molecule has 0 amide bonds. The minimum atomic E-state index is 0.244. The first kappa shape index (κ1) is 14.8. The molecule has 0 saturated carbocycles. The molecule has 1 heterocycles. The quantitative estimate of drug-likeness (QED) is 0.880. The van der Waals surface area contributed by atoms with Crippen molar-refractivity contribution in [3.63, 3.8) is 0 Å². The molecule has 0 fully saturated rings. The third-order valence-corrected chi connectivity index (χ3v) is 2.95. The molecule has 0 saturated heterocycles. The van der Waals surface area contributed by atoms with Crippen molar-refractivity contribution in [1.29, 1.82) is 5.26 Å². The number of hydrogen-bond donors (Lipinski definition) is 1. The molecule has 0 spiro atoms. The first-order valence-corrected chi connectivity index (χ1v) is 6.71. The highest BCUT2D eigenvalue weighted by Gasteiger charge is 2.11. The van der Waals surface area contributed by atoms with Crippen LogP contribution < -0.4 is 15.2 Å². The molecule has 108 valence electrons. The summed E-state index contributed by atoms with van der Waals surface area (Å²) in [5.74, 6) is 1.28. The van der Waals surface area contributed by atoms with Crippen LogP contribution in [0.5, 0.6) is 11.5 Å². The predicted octanol–water partition coefficient (Wildman–Crippen LogP) is 2.39. The summed E-state index contributed by atoms with van der Waals surface area (Å²) in [6, 6.07) is 11.3. The molecule has 5 nitrogen and oxygen atoms in total. The monoisotopic (exact) mass is 283 g/mol. The van der Waals surface area contributed by atoms with Gasteiger partial charge in [-0.1, -0.05) is 18.2 Å². The van der Waals surface area contributed by atoms with E-state index in [-0.39, 0.29) is 6.61 Å². The van der Waals surface area contributed by atoms with Crippen molar-refractivity contribution in [2.24, 2.45) is 5.73 Å². The van der Waals surface area contributed by atoms with Crippen LogP contribution in [0.3, 0.4) is 0 Å². The topological polar surface area (TPSA) is 81.2 Å². The van der Waals surface area contributed by atoms with Crippen molar-refractivity contribution in [3.05, 3.63) is 53.3 Å². The number of nitrogens with two attached hydrogens (primary N) is 1. The number of para-hydroxylation sites is 1. The molecule has 0 unspecified atom stereocenters. The highest BCUT2D eigenvalue weighted by Crippen LogP contribution is 2.32. The van der Waals surface area contributed by atoms with E-state index in [0.717, 1.165) is 11.1 Å². The fourth-order valence-electron chi connectivity index (χ4n) is 1.96. The smallest absolute Gasteiger partial charge is 0.166 e. The van der Waals surface area contributed by atoms with Crippen LogP contribution in [-0.2, 0) is 13.2 Å². The molecule has 0 aliphatic rings. The van der Waals surface area contributed by atoms with E-state index >= 15 is 0 Å². The van der Waals surface area contributed by atoms with Gasteiger partial charge in [0.05, 0.1) is 6.61 Å². The predicted molar refractivity (Wildman–Crippen MR) is 78.8 cm³/mol. The van der Waals surface area contributed by atoms with E-state index in [1.807, 2.05) is 31.2 Å². The summed E-state index contributed by atoms with van der Waals surface area (Å²) in [4.78, 5) is 4.01. The van der Waals surface area contributed by atoms with Gasteiger partial charge < -0.3 is 15.2 Å². The van der Waals surface area contributed by atoms with E-state index in [4.69, 9.17) is 20.5 Å². The summed E-state index contributed by atoms with van der Waals surface area (Å²) in [7, 11) is 0.